The van der Waals surface area contributed by atoms with E-state index < -0.39 is 0 Å². The van der Waals surface area contributed by atoms with Crippen LogP contribution in [0.25, 0.3) is 0 Å². The Morgan fingerprint density at radius 1 is 1.09 bits per heavy atom. The SMILES string of the molecule is CCC(CNC(=NC)NC1CCN(C(C)C)CC1)N1CCCC1. The van der Waals surface area contributed by atoms with E-state index in [1.165, 1.54) is 58.3 Å². The molecule has 1 unspecified atom stereocenters. The highest BCUT2D eigenvalue weighted by Crippen LogP contribution is 2.14. The smallest absolute Gasteiger partial charge is 0.191 e. The lowest BCUT2D eigenvalue weighted by Crippen LogP contribution is -2.52. The molecule has 5 nitrogen and oxygen atoms in total. The Labute approximate surface area is 142 Å². The molecule has 5 heteroatoms. The van der Waals surface area contributed by atoms with Gasteiger partial charge in [-0.3, -0.25) is 9.89 Å². The molecule has 134 valence electrons. The Morgan fingerprint density at radius 3 is 2.26 bits per heavy atom. The summed E-state index contributed by atoms with van der Waals surface area (Å²) in [5, 5.41) is 7.19. The minimum absolute atomic E-state index is 0.558. The number of nitrogens with one attached hydrogen (secondary N) is 2. The number of rotatable bonds is 6. The molecule has 0 amide bonds. The molecular weight excluding hydrogens is 286 g/mol. The zero-order chi connectivity index (χ0) is 16.7. The fourth-order valence-electron chi connectivity index (χ4n) is 3.80. The van der Waals surface area contributed by atoms with E-state index in [9.17, 15) is 0 Å². The molecule has 2 aliphatic heterocycles. The number of guanidine groups is 1. The molecule has 23 heavy (non-hydrogen) atoms. The van der Waals surface area contributed by atoms with Gasteiger partial charge in [-0.25, -0.2) is 0 Å². The molecule has 0 aliphatic carbocycles. The van der Waals surface area contributed by atoms with E-state index in [2.05, 4.69) is 46.2 Å². The van der Waals surface area contributed by atoms with E-state index in [1.807, 2.05) is 7.05 Å². The van der Waals surface area contributed by atoms with Crippen molar-refractivity contribution in [1.82, 2.24) is 20.4 Å². The highest BCUT2D eigenvalue weighted by Gasteiger charge is 2.23. The molecule has 2 N–H and O–H groups in total. The summed E-state index contributed by atoms with van der Waals surface area (Å²) in [6.45, 7) is 12.8. The summed E-state index contributed by atoms with van der Waals surface area (Å²) in [6, 6.07) is 1.86. The zero-order valence-electron chi connectivity index (χ0n) is 15.6. The first-order valence-electron chi connectivity index (χ1n) is 9.59. The maximum absolute atomic E-state index is 4.43. The molecule has 2 heterocycles. The van der Waals surface area contributed by atoms with Gasteiger partial charge < -0.3 is 15.5 Å². The largest absolute Gasteiger partial charge is 0.355 e. The van der Waals surface area contributed by atoms with Crippen LogP contribution in [-0.2, 0) is 0 Å². The minimum atomic E-state index is 0.558. The first-order chi connectivity index (χ1) is 11.1. The lowest BCUT2D eigenvalue weighted by molar-refractivity contribution is 0.167. The summed E-state index contributed by atoms with van der Waals surface area (Å²) in [7, 11) is 1.88. The number of aliphatic imine (C=N–C) groups is 1. The van der Waals surface area contributed by atoms with Crippen molar-refractivity contribution in [3.8, 4) is 0 Å². The third-order valence-electron chi connectivity index (χ3n) is 5.46. The van der Waals surface area contributed by atoms with Crippen LogP contribution in [0.2, 0.25) is 0 Å². The van der Waals surface area contributed by atoms with Gasteiger partial charge in [-0.2, -0.15) is 0 Å². The Morgan fingerprint density at radius 2 is 1.74 bits per heavy atom. The van der Waals surface area contributed by atoms with Crippen LogP contribution in [0.5, 0.6) is 0 Å². The Kier molecular flexibility index (Phi) is 7.63. The van der Waals surface area contributed by atoms with Crippen LogP contribution >= 0.6 is 0 Å². The van der Waals surface area contributed by atoms with E-state index in [4.69, 9.17) is 0 Å². The topological polar surface area (TPSA) is 42.9 Å². The van der Waals surface area contributed by atoms with E-state index in [1.54, 1.807) is 0 Å². The van der Waals surface area contributed by atoms with E-state index in [0.717, 1.165) is 12.5 Å². The summed E-state index contributed by atoms with van der Waals surface area (Å²) in [6.07, 6.45) is 6.34. The molecule has 0 bridgehead atoms. The van der Waals surface area contributed by atoms with E-state index in [-0.39, 0.29) is 0 Å². The van der Waals surface area contributed by atoms with Crippen molar-refractivity contribution in [3.05, 3.63) is 0 Å². The van der Waals surface area contributed by atoms with Crippen molar-refractivity contribution in [3.63, 3.8) is 0 Å². The van der Waals surface area contributed by atoms with Gasteiger partial charge >= 0.3 is 0 Å². The first kappa shape index (κ1) is 18.5. The highest BCUT2D eigenvalue weighted by atomic mass is 15.2. The van der Waals surface area contributed by atoms with Crippen LogP contribution in [-0.4, -0.2) is 73.7 Å². The Hall–Kier alpha value is -0.810. The summed E-state index contributed by atoms with van der Waals surface area (Å²) >= 11 is 0. The van der Waals surface area contributed by atoms with Gasteiger partial charge in [0.1, 0.15) is 0 Å². The van der Waals surface area contributed by atoms with Crippen LogP contribution in [0.4, 0.5) is 0 Å². The molecule has 2 fully saturated rings. The quantitative estimate of drug-likeness (QED) is 0.579. The molecule has 0 spiro atoms. The fourth-order valence-corrected chi connectivity index (χ4v) is 3.80. The third-order valence-corrected chi connectivity index (χ3v) is 5.46. The van der Waals surface area contributed by atoms with Crippen molar-refractivity contribution < 1.29 is 0 Å². The van der Waals surface area contributed by atoms with Crippen LogP contribution in [0, 0.1) is 0 Å². The second-order valence-electron chi connectivity index (χ2n) is 7.31. The molecule has 0 aromatic heterocycles. The molecule has 0 radical (unpaired) electrons. The van der Waals surface area contributed by atoms with Gasteiger partial charge in [-0.15, -0.1) is 0 Å². The minimum Gasteiger partial charge on any atom is -0.355 e. The third kappa shape index (κ3) is 5.64. The predicted molar refractivity (Wildman–Crippen MR) is 99.1 cm³/mol. The van der Waals surface area contributed by atoms with Crippen molar-refractivity contribution >= 4 is 5.96 Å². The summed E-state index contributed by atoms with van der Waals surface area (Å²) in [4.78, 5) is 9.62. The van der Waals surface area contributed by atoms with Gasteiger partial charge in [-0.05, 0) is 59.0 Å². The number of likely N-dealkylation sites (tertiary alicyclic amines) is 2. The zero-order valence-corrected chi connectivity index (χ0v) is 15.6. The van der Waals surface area contributed by atoms with Crippen molar-refractivity contribution in [2.24, 2.45) is 4.99 Å². The van der Waals surface area contributed by atoms with Crippen LogP contribution in [0.15, 0.2) is 4.99 Å². The molecular formula is C18H37N5. The van der Waals surface area contributed by atoms with Gasteiger partial charge in [-0.1, -0.05) is 6.92 Å². The summed E-state index contributed by atoms with van der Waals surface area (Å²) < 4.78 is 0. The average molecular weight is 324 g/mol. The number of hydrogen-bond acceptors (Lipinski definition) is 3. The van der Waals surface area contributed by atoms with Crippen molar-refractivity contribution in [2.45, 2.75) is 71.0 Å². The second-order valence-corrected chi connectivity index (χ2v) is 7.31. The Balaban J connectivity index is 1.73. The molecule has 1 atom stereocenters. The molecule has 2 rings (SSSR count). The van der Waals surface area contributed by atoms with Crippen molar-refractivity contribution in [1.29, 1.82) is 0 Å². The standard InChI is InChI=1S/C18H37N5/c1-5-17(23-10-6-7-11-23)14-20-18(19-4)21-16-8-12-22(13-9-16)15(2)3/h15-17H,5-14H2,1-4H3,(H2,19,20,21). The van der Waals surface area contributed by atoms with Crippen LogP contribution < -0.4 is 10.6 Å². The van der Waals surface area contributed by atoms with Gasteiger partial charge in [0, 0.05) is 44.8 Å². The number of piperidine rings is 1. The monoisotopic (exact) mass is 323 g/mol. The number of nitrogens with zero attached hydrogens (tertiary/aromatic N) is 3. The average Bonchev–Trinajstić information content (AvgIpc) is 3.09. The molecule has 0 aromatic rings. The predicted octanol–water partition coefficient (Wildman–Crippen LogP) is 1.90. The first-order valence-corrected chi connectivity index (χ1v) is 9.59. The normalized spacial score (nSPS) is 23.4. The van der Waals surface area contributed by atoms with Crippen LogP contribution in [0.3, 0.4) is 0 Å². The van der Waals surface area contributed by atoms with Gasteiger partial charge in [0.15, 0.2) is 5.96 Å². The van der Waals surface area contributed by atoms with Crippen molar-refractivity contribution in [2.75, 3.05) is 39.8 Å². The fraction of sp³-hybridized carbons (Fsp3) is 0.944. The van der Waals surface area contributed by atoms with Gasteiger partial charge in [0.05, 0.1) is 0 Å². The van der Waals surface area contributed by atoms with E-state index in [0.29, 0.717) is 18.1 Å². The molecule has 0 saturated carbocycles. The second kappa shape index (κ2) is 9.48. The lowest BCUT2D eigenvalue weighted by Gasteiger charge is -2.35. The lowest BCUT2D eigenvalue weighted by atomic mass is 10.0. The van der Waals surface area contributed by atoms with Gasteiger partial charge in [0.25, 0.3) is 0 Å². The van der Waals surface area contributed by atoms with Gasteiger partial charge in [0.2, 0.25) is 0 Å². The number of hydrogen-bond donors (Lipinski definition) is 2. The Bertz CT molecular complexity index is 354. The summed E-state index contributed by atoms with van der Waals surface area (Å²) in [5.41, 5.74) is 0. The maximum Gasteiger partial charge on any atom is 0.191 e. The molecule has 0 aromatic carbocycles. The highest BCUT2D eigenvalue weighted by molar-refractivity contribution is 5.80. The molecule has 2 saturated heterocycles. The summed E-state index contributed by atoms with van der Waals surface area (Å²) in [5.74, 6) is 0.977. The maximum atomic E-state index is 4.43. The van der Waals surface area contributed by atoms with Crippen LogP contribution in [0.1, 0.15) is 52.9 Å². The van der Waals surface area contributed by atoms with E-state index >= 15 is 0 Å². The molecule has 2 aliphatic rings.